The first-order chi connectivity index (χ1) is 17.1. The first-order valence-electron chi connectivity index (χ1n) is 12.0. The highest BCUT2D eigenvalue weighted by Gasteiger charge is 2.38. The molecule has 10 heteroatoms. The van der Waals surface area contributed by atoms with E-state index < -0.39 is 33.2 Å². The number of cyclic esters (lactones) is 1. The van der Waals surface area contributed by atoms with Gasteiger partial charge in [-0.3, -0.25) is 4.31 Å². The Morgan fingerprint density at radius 1 is 1.11 bits per heavy atom. The van der Waals surface area contributed by atoms with E-state index in [0.717, 1.165) is 21.7 Å². The zero-order chi connectivity index (χ0) is 27.4. The third-order valence-corrected chi connectivity index (χ3v) is 6.92. The number of sulfonamides is 1. The molecular weight excluding hydrogens is 494 g/mol. The summed E-state index contributed by atoms with van der Waals surface area (Å²) in [5.74, 6) is -0.418. The molecule has 1 N–H and O–H groups in total. The monoisotopic (exact) mass is 529 g/mol. The van der Waals surface area contributed by atoms with Crippen molar-refractivity contribution in [1.29, 1.82) is 0 Å². The van der Waals surface area contributed by atoms with Gasteiger partial charge in [-0.05, 0) is 62.9 Å². The van der Waals surface area contributed by atoms with Crippen LogP contribution in [0.4, 0.5) is 10.6 Å². The summed E-state index contributed by atoms with van der Waals surface area (Å²) < 4.78 is 36.4. The maximum atomic E-state index is 13.4. The predicted octanol–water partition coefficient (Wildman–Crippen LogP) is 3.70. The second-order valence-corrected chi connectivity index (χ2v) is 12.5. The molecule has 0 radical (unpaired) electrons. The van der Waals surface area contributed by atoms with Gasteiger partial charge in [0.05, 0.1) is 6.26 Å². The Hall–Kier alpha value is -3.40. The number of alkyl carbamates (subject to hydrolysis) is 1. The van der Waals surface area contributed by atoms with E-state index in [1.165, 1.54) is 7.05 Å². The number of hydrogen-bond donors (Lipinski definition) is 1. The van der Waals surface area contributed by atoms with Gasteiger partial charge in [0.25, 0.3) is 0 Å². The molecule has 2 aromatic rings. The molecule has 1 aromatic carbocycles. The molecule has 1 aromatic heterocycles. The van der Waals surface area contributed by atoms with E-state index in [1.807, 2.05) is 36.4 Å². The van der Waals surface area contributed by atoms with Gasteiger partial charge in [-0.15, -0.1) is 0 Å². The molecule has 1 atom stereocenters. The van der Waals surface area contributed by atoms with Gasteiger partial charge in [-0.25, -0.2) is 23.0 Å². The third kappa shape index (κ3) is 8.04. The van der Waals surface area contributed by atoms with Gasteiger partial charge in [-0.1, -0.05) is 36.4 Å². The Morgan fingerprint density at radius 3 is 2.46 bits per heavy atom. The summed E-state index contributed by atoms with van der Waals surface area (Å²) >= 11 is 0. The smallest absolute Gasteiger partial charge is 0.408 e. The number of nitrogens with zero attached hydrogens (tertiary/aromatic N) is 2. The van der Waals surface area contributed by atoms with Crippen molar-refractivity contribution >= 4 is 27.9 Å². The van der Waals surface area contributed by atoms with Crippen LogP contribution in [0.3, 0.4) is 0 Å². The number of carbonyl (C=O) groups is 2. The first-order valence-corrected chi connectivity index (χ1v) is 13.8. The van der Waals surface area contributed by atoms with Gasteiger partial charge in [0, 0.05) is 25.6 Å². The zero-order valence-electron chi connectivity index (χ0n) is 22.2. The number of fused-ring (bicyclic) bond motifs is 4. The number of esters is 1. The molecule has 1 unspecified atom stereocenters. The molecule has 37 heavy (non-hydrogen) atoms. The van der Waals surface area contributed by atoms with Crippen molar-refractivity contribution in [2.45, 2.75) is 64.7 Å². The molecule has 3 rings (SSSR count). The molecular formula is C27H35N3O6S. The summed E-state index contributed by atoms with van der Waals surface area (Å²) in [5, 5.41) is 2.71. The third-order valence-electron chi connectivity index (χ3n) is 5.74. The van der Waals surface area contributed by atoms with E-state index in [1.54, 1.807) is 39.8 Å². The summed E-state index contributed by atoms with van der Waals surface area (Å²) in [4.78, 5) is 30.6. The predicted molar refractivity (Wildman–Crippen MR) is 142 cm³/mol. The lowest BCUT2D eigenvalue weighted by molar-refractivity contribution is -0.152. The Labute approximate surface area is 218 Å². The fourth-order valence-electron chi connectivity index (χ4n) is 3.86. The van der Waals surface area contributed by atoms with Crippen LogP contribution in [0.5, 0.6) is 0 Å². The van der Waals surface area contributed by atoms with E-state index in [4.69, 9.17) is 9.47 Å². The van der Waals surface area contributed by atoms with Crippen molar-refractivity contribution in [3.05, 3.63) is 70.9 Å². The van der Waals surface area contributed by atoms with Gasteiger partial charge in [0.1, 0.15) is 23.6 Å². The lowest BCUT2D eigenvalue weighted by atomic mass is 9.91. The first kappa shape index (κ1) is 28.2. The Morgan fingerprint density at radius 2 is 1.78 bits per heavy atom. The van der Waals surface area contributed by atoms with Crippen molar-refractivity contribution in [3.8, 4) is 0 Å². The van der Waals surface area contributed by atoms with Crippen molar-refractivity contribution < 1.29 is 27.5 Å². The standard InChI is InChI=1S/C27H35N3O6S/c1-26(2,3)36-25(32)29-27(4)17-20-12-9-11-19(14-20)10-7-8-13-22-15-21(18-35-24(27)31)16-23(28-22)30(5)37(6,33)34/h7-9,11-12,14-16H,10,13,17-18H2,1-6H3,(H,29,32)/b8-7+. The number of rotatable bonds is 3. The summed E-state index contributed by atoms with van der Waals surface area (Å²) in [7, 11) is -2.12. The summed E-state index contributed by atoms with van der Waals surface area (Å²) in [6.07, 6.45) is 5.68. The summed E-state index contributed by atoms with van der Waals surface area (Å²) in [6, 6.07) is 11.1. The second-order valence-electron chi connectivity index (χ2n) is 10.5. The van der Waals surface area contributed by atoms with Crippen LogP contribution in [-0.4, -0.2) is 49.9 Å². The van der Waals surface area contributed by atoms with Crippen molar-refractivity contribution in [2.24, 2.45) is 0 Å². The van der Waals surface area contributed by atoms with Crippen LogP contribution in [0.2, 0.25) is 0 Å². The van der Waals surface area contributed by atoms with Gasteiger partial charge in [0.2, 0.25) is 10.0 Å². The van der Waals surface area contributed by atoms with E-state index >= 15 is 0 Å². The van der Waals surface area contributed by atoms with Crippen LogP contribution in [0.25, 0.3) is 0 Å². The number of aromatic nitrogens is 1. The molecule has 0 aliphatic carbocycles. The molecule has 0 saturated carbocycles. The normalized spacial score (nSPS) is 19.6. The van der Waals surface area contributed by atoms with E-state index in [9.17, 15) is 18.0 Å². The largest absolute Gasteiger partial charge is 0.459 e. The molecule has 0 fully saturated rings. The van der Waals surface area contributed by atoms with Crippen LogP contribution in [0.1, 0.15) is 50.1 Å². The second kappa shape index (κ2) is 10.9. The Balaban J connectivity index is 2.01. The number of hydrogen-bond acceptors (Lipinski definition) is 7. The molecule has 1 amide bonds. The number of benzene rings is 1. The number of pyridine rings is 1. The number of nitrogens with one attached hydrogen (secondary N) is 1. The summed E-state index contributed by atoms with van der Waals surface area (Å²) in [5.41, 5.74) is 0.942. The van der Waals surface area contributed by atoms with E-state index in [0.29, 0.717) is 24.1 Å². The molecule has 0 saturated heterocycles. The highest BCUT2D eigenvalue weighted by atomic mass is 32.2. The molecule has 1 aliphatic rings. The molecule has 1 aliphatic heterocycles. The minimum Gasteiger partial charge on any atom is -0.459 e. The van der Waals surface area contributed by atoms with Gasteiger partial charge in [0.15, 0.2) is 0 Å². The Kier molecular flexibility index (Phi) is 8.32. The van der Waals surface area contributed by atoms with Gasteiger partial charge >= 0.3 is 12.1 Å². The molecule has 200 valence electrons. The number of allylic oxidation sites excluding steroid dienone is 2. The van der Waals surface area contributed by atoms with Gasteiger partial charge in [-0.2, -0.15) is 0 Å². The minimum absolute atomic E-state index is 0.131. The quantitative estimate of drug-likeness (QED) is 0.476. The number of ether oxygens (including phenoxy) is 2. The van der Waals surface area contributed by atoms with Crippen LogP contribution in [0, 0.1) is 0 Å². The number of amides is 1. The molecule has 9 nitrogen and oxygen atoms in total. The van der Waals surface area contributed by atoms with Crippen molar-refractivity contribution in [3.63, 3.8) is 0 Å². The van der Waals surface area contributed by atoms with Gasteiger partial charge < -0.3 is 14.8 Å². The fraction of sp³-hybridized carbons (Fsp3) is 0.444. The average Bonchev–Trinajstić information content (AvgIpc) is 2.77. The number of anilines is 1. The Bertz CT molecular complexity index is 1300. The SMILES string of the molecule is CN(c1cc2cc(n1)C/C=C/Cc1cccc(c1)CC(C)(NC(=O)OC(C)(C)C)C(=O)OC2)S(C)(=O)=O. The lowest BCUT2D eigenvalue weighted by Gasteiger charge is -2.30. The van der Waals surface area contributed by atoms with Crippen LogP contribution < -0.4 is 9.62 Å². The van der Waals surface area contributed by atoms with E-state index in [-0.39, 0.29) is 18.8 Å². The maximum absolute atomic E-state index is 13.4. The highest BCUT2D eigenvalue weighted by Crippen LogP contribution is 2.22. The van der Waals surface area contributed by atoms with Crippen LogP contribution in [0.15, 0.2) is 48.6 Å². The molecule has 4 bridgehead atoms. The highest BCUT2D eigenvalue weighted by molar-refractivity contribution is 7.92. The fourth-order valence-corrected chi connectivity index (χ4v) is 4.29. The van der Waals surface area contributed by atoms with Crippen molar-refractivity contribution in [2.75, 3.05) is 17.6 Å². The molecule has 2 heterocycles. The minimum atomic E-state index is -3.54. The van der Waals surface area contributed by atoms with Crippen LogP contribution >= 0.6 is 0 Å². The lowest BCUT2D eigenvalue weighted by Crippen LogP contribution is -2.55. The van der Waals surface area contributed by atoms with Crippen molar-refractivity contribution in [1.82, 2.24) is 10.3 Å². The summed E-state index contributed by atoms with van der Waals surface area (Å²) in [6.45, 7) is 6.70. The zero-order valence-corrected chi connectivity index (χ0v) is 23.0. The number of carbonyl (C=O) groups excluding carboxylic acids is 2. The topological polar surface area (TPSA) is 115 Å². The molecule has 0 spiro atoms. The maximum Gasteiger partial charge on any atom is 0.408 e. The van der Waals surface area contributed by atoms with E-state index in [2.05, 4.69) is 10.3 Å². The van der Waals surface area contributed by atoms with Crippen LogP contribution in [-0.2, 0) is 50.2 Å². The average molecular weight is 530 g/mol.